The second-order valence-corrected chi connectivity index (χ2v) is 35.8. The fraction of sp³-hybridized carbons (Fsp3) is 0.955. The molecule has 4 aliphatic rings. The van der Waals surface area contributed by atoms with Crippen molar-refractivity contribution >= 4 is 48.5 Å². The summed E-state index contributed by atoms with van der Waals surface area (Å²) in [7, 11) is 0. The molecule has 0 aromatic rings. The first kappa shape index (κ1) is 116. The summed E-state index contributed by atoms with van der Waals surface area (Å²) in [6, 6.07) is 0. The molecule has 4 heterocycles. The Balaban J connectivity index is 0.000000662. The molecular formula is C88H164O34S2. The van der Waals surface area contributed by atoms with E-state index in [0.717, 1.165) is 70.6 Å². The Morgan fingerprint density at radius 3 is 0.871 bits per heavy atom. The fourth-order valence-electron chi connectivity index (χ4n) is 16.1. The van der Waals surface area contributed by atoms with Gasteiger partial charge in [0.2, 0.25) is 12.6 Å². The lowest BCUT2D eigenvalue weighted by Crippen LogP contribution is -2.65. The van der Waals surface area contributed by atoms with Crippen LogP contribution in [0.3, 0.4) is 0 Å². The monoisotopic (exact) mass is 1830 g/mol. The second-order valence-electron chi connectivity index (χ2n) is 34.8. The highest BCUT2D eigenvalue weighted by Gasteiger charge is 2.57. The van der Waals surface area contributed by atoms with Crippen LogP contribution < -0.4 is 0 Å². The Labute approximate surface area is 746 Å². The van der Waals surface area contributed by atoms with Crippen LogP contribution in [0, 0.1) is 29.6 Å². The predicted octanol–water partition coefficient (Wildman–Crippen LogP) is 12.6. The van der Waals surface area contributed by atoms with E-state index in [0.29, 0.717) is 12.8 Å². The van der Waals surface area contributed by atoms with Crippen molar-refractivity contribution < 1.29 is 165 Å². The molecule has 732 valence electrons. The van der Waals surface area contributed by atoms with Gasteiger partial charge < -0.3 is 109 Å². The average Bonchev–Trinajstić information content (AvgIpc) is 0.780. The van der Waals surface area contributed by atoms with Crippen LogP contribution in [0.5, 0.6) is 0 Å². The van der Waals surface area contributed by atoms with E-state index in [1.165, 1.54) is 173 Å². The molecule has 0 aliphatic carbocycles. The number of aliphatic hydroxyl groups is 12. The van der Waals surface area contributed by atoms with Crippen LogP contribution in [0.1, 0.15) is 345 Å². The predicted molar refractivity (Wildman–Crippen MR) is 459 cm³/mol. The summed E-state index contributed by atoms with van der Waals surface area (Å²) in [5.74, 6) is -5.04. The second kappa shape index (κ2) is 70.3. The molecule has 0 saturated carbocycles. The van der Waals surface area contributed by atoms with Crippen molar-refractivity contribution in [2.45, 2.75) is 480 Å². The maximum absolute atomic E-state index is 13.9. The molecule has 0 amide bonds. The topological polar surface area (TPSA) is 499 Å². The zero-order chi connectivity index (χ0) is 91.6. The maximum atomic E-state index is 13.9. The minimum Gasteiger partial charge on any atom is -0.455 e. The molecule has 27 atom stereocenters. The summed E-state index contributed by atoms with van der Waals surface area (Å²) in [5.41, 5.74) is 0. The minimum atomic E-state index is -1.78. The normalized spacial score (nSPS) is 28.3. The molecule has 34 nitrogen and oxygen atoms in total. The summed E-state index contributed by atoms with van der Waals surface area (Å²) in [4.78, 5) is 54.1. The van der Waals surface area contributed by atoms with Gasteiger partial charge in [0.1, 0.15) is 61.0 Å². The van der Waals surface area contributed by atoms with E-state index >= 15 is 0 Å². The molecule has 4 fully saturated rings. The molecule has 0 bridgehead atoms. The highest BCUT2D eigenvalue weighted by atomic mass is 32.2. The van der Waals surface area contributed by atoms with E-state index in [4.69, 9.17) is 66.2 Å². The Morgan fingerprint density at radius 2 is 0.589 bits per heavy atom. The van der Waals surface area contributed by atoms with Crippen LogP contribution in [-0.4, -0.2) is 257 Å². The van der Waals surface area contributed by atoms with Gasteiger partial charge in [-0.1, -0.05) is 303 Å². The van der Waals surface area contributed by atoms with E-state index in [-0.39, 0.29) is 68.1 Å². The van der Waals surface area contributed by atoms with Gasteiger partial charge in [-0.2, -0.15) is 0 Å². The largest absolute Gasteiger partial charge is 0.455 e. The first-order valence-electron chi connectivity index (χ1n) is 46.9. The Hall–Kier alpha value is -2.46. The van der Waals surface area contributed by atoms with Gasteiger partial charge in [0.05, 0.1) is 50.5 Å². The van der Waals surface area contributed by atoms with Crippen molar-refractivity contribution in [1.29, 1.82) is 0 Å². The molecule has 4 aliphatic heterocycles. The van der Waals surface area contributed by atoms with E-state index < -0.39 is 197 Å². The molecule has 14 N–H and O–H groups in total. The third-order valence-corrected chi connectivity index (χ3v) is 25.1. The van der Waals surface area contributed by atoms with Crippen molar-refractivity contribution in [1.82, 2.24) is 0 Å². The lowest BCUT2D eigenvalue weighted by molar-refractivity contribution is -0.435. The molecule has 0 radical (unpaired) electrons. The molecule has 36 heteroatoms. The molecule has 4 rings (SSSR count). The van der Waals surface area contributed by atoms with Crippen LogP contribution in [0.15, 0.2) is 0 Å². The van der Waals surface area contributed by atoms with E-state index in [2.05, 4.69) is 39.5 Å². The Morgan fingerprint density at radius 1 is 0.323 bits per heavy atom. The van der Waals surface area contributed by atoms with Crippen LogP contribution in [0.25, 0.3) is 0 Å². The standard InChI is InChI=1S/C52H98O17S.C36H66O17S/c1-6-8-10-12-14-16-18-19-20-21-23-25-27-29-31-33-42(55)64-49-47(45(58)41(36-54)63-52(49)66-51-48(67-70-69-68-61)46(59)44(57)40(35-53)62-51)65-50(60)39(5)34-38(4)43(56)37(3)32-30-28-26-24-22-17-15-13-11-9-7-2;1-5-6-7-8-9-10-11-12-13-14-15-16-17-18-27(40)48-33-31(49-34(44)23(3)19-22(2)24(4)39)29(42)26(21-38)47-36(33)50-35-32(51-54-53-52-45)30(43)28(41)25(20-37)46-35/h37-41,43-49,51-54,56-59,61H,6-36H2,1-5H3;22-26,28-33,35-39,41-43,45H,5-21H2,1-4H3. The third kappa shape index (κ3) is 45.3. The molecular weight excluding hydrogens is 1670 g/mol. The Kier molecular flexibility index (Phi) is 65.6. The first-order valence-corrected chi connectivity index (χ1v) is 48.3. The number of carbonyl (C=O) groups excluding carboxylic acids is 4. The van der Waals surface area contributed by atoms with Gasteiger partial charge in [0, 0.05) is 12.8 Å². The van der Waals surface area contributed by atoms with E-state index in [9.17, 15) is 80.5 Å². The first-order chi connectivity index (χ1) is 59.7. The number of hydrogen-bond donors (Lipinski definition) is 14. The lowest BCUT2D eigenvalue weighted by Gasteiger charge is -2.46. The van der Waals surface area contributed by atoms with Gasteiger partial charge in [0.15, 0.2) is 73.9 Å². The lowest BCUT2D eigenvalue weighted by atomic mass is 9.84. The van der Waals surface area contributed by atoms with Crippen molar-refractivity contribution in [3.05, 3.63) is 0 Å². The summed E-state index contributed by atoms with van der Waals surface area (Å²) in [6.45, 7) is 14.1. The summed E-state index contributed by atoms with van der Waals surface area (Å²) >= 11 is 0.0906. The van der Waals surface area contributed by atoms with Gasteiger partial charge in [-0.3, -0.25) is 27.5 Å². The highest BCUT2D eigenvalue weighted by Crippen LogP contribution is 2.38. The molecule has 0 aromatic heterocycles. The summed E-state index contributed by atoms with van der Waals surface area (Å²) < 4.78 is 77.5. The van der Waals surface area contributed by atoms with Crippen molar-refractivity contribution in [2.75, 3.05) is 26.4 Å². The van der Waals surface area contributed by atoms with Gasteiger partial charge in [-0.15, -0.1) is 8.67 Å². The van der Waals surface area contributed by atoms with E-state index in [1.54, 1.807) is 27.7 Å². The quantitative estimate of drug-likeness (QED) is 0.00671. The van der Waals surface area contributed by atoms with Crippen molar-refractivity contribution in [3.63, 3.8) is 0 Å². The molecule has 27 unspecified atom stereocenters. The minimum absolute atomic E-state index is 0.00616. The maximum Gasteiger partial charge on any atom is 0.309 e. The van der Waals surface area contributed by atoms with Gasteiger partial charge in [-0.05, 0) is 56.8 Å². The third-order valence-electron chi connectivity index (χ3n) is 24.2. The molecule has 0 spiro atoms. The van der Waals surface area contributed by atoms with Crippen LogP contribution in [-0.2, 0) is 93.7 Å². The Bertz CT molecular complexity index is 2640. The molecule has 124 heavy (non-hydrogen) atoms. The molecule has 0 aromatic carbocycles. The number of hydrogen-bond acceptors (Lipinski definition) is 36. The summed E-state index contributed by atoms with van der Waals surface area (Å²) in [6.07, 6.45) is 12.6. The number of aliphatic hydroxyl groups excluding tert-OH is 12. The number of esters is 4. The average molecular weight is 1830 g/mol. The van der Waals surface area contributed by atoms with Crippen LogP contribution in [0.2, 0.25) is 0 Å². The van der Waals surface area contributed by atoms with Crippen molar-refractivity contribution in [3.8, 4) is 0 Å². The van der Waals surface area contributed by atoms with Crippen LogP contribution >= 0.6 is 24.6 Å². The SMILES string of the molecule is CCCCCCCCCCCCCCCC(=O)OC1C(OC2OC(CO)C(O)C(O)C2OSOOO)OC(CO)C(O)C1OC(=O)C(C)CC(C)C(C)O.CCCCCCCCCCCCCCCCCC(=O)OC1C(OC2OC(CO)C(O)C(O)C2OSOOO)OC(CO)C(O)C1OC(=O)C(C)CC(C)C(O)C(C)CCCCCCCCCCCCC. The zero-order valence-electron chi connectivity index (χ0n) is 75.8. The fourth-order valence-corrected chi connectivity index (χ4v) is 16.8. The summed E-state index contributed by atoms with van der Waals surface area (Å²) in [5, 5.41) is 151. The zero-order valence-corrected chi connectivity index (χ0v) is 77.4. The molecule has 4 saturated heterocycles. The van der Waals surface area contributed by atoms with Crippen molar-refractivity contribution in [2.24, 2.45) is 29.6 Å². The number of unbranched alkanes of at least 4 members (excludes halogenated alkanes) is 36. The number of carbonyl (C=O) groups is 4. The number of rotatable bonds is 71. The van der Waals surface area contributed by atoms with Gasteiger partial charge >= 0.3 is 23.9 Å². The van der Waals surface area contributed by atoms with Crippen LogP contribution in [0.4, 0.5) is 0 Å². The highest BCUT2D eigenvalue weighted by molar-refractivity contribution is 7.89. The smallest absolute Gasteiger partial charge is 0.309 e. The number of ether oxygens (including phenoxy) is 10. The van der Waals surface area contributed by atoms with E-state index in [1.807, 2.05) is 13.8 Å². The van der Waals surface area contributed by atoms with Gasteiger partial charge in [-0.25, -0.2) is 10.5 Å². The van der Waals surface area contributed by atoms with Gasteiger partial charge in [0.25, 0.3) is 0 Å².